The molecule has 0 saturated carbocycles. The Kier molecular flexibility index (Phi) is 6.77. The Morgan fingerprint density at radius 3 is 2.86 bits per heavy atom. The van der Waals surface area contributed by atoms with Crippen molar-refractivity contribution in [2.45, 2.75) is 26.3 Å². The zero-order valence-electron chi connectivity index (χ0n) is 16.7. The standard InChI is InChI=1S/C22H24ClN3O3/c1-4-11-29-21-16(23)12-15(13-19(21)28-3)9-10-20(27)24-14(2)22-25-17-7-5-6-8-18(17)26-22/h5-10,12-14H,4,11H2,1-3H3,(H,24,27)(H,25,26)/b10-9+. The third kappa shape index (κ3) is 5.09. The van der Waals surface area contributed by atoms with Crippen molar-refractivity contribution < 1.29 is 14.3 Å². The Hall–Kier alpha value is -2.99. The Balaban J connectivity index is 1.68. The van der Waals surface area contributed by atoms with Crippen LogP contribution < -0.4 is 14.8 Å². The quantitative estimate of drug-likeness (QED) is 0.515. The molecule has 152 valence electrons. The number of benzene rings is 2. The monoisotopic (exact) mass is 413 g/mol. The van der Waals surface area contributed by atoms with Crippen LogP contribution in [0.1, 0.15) is 37.7 Å². The van der Waals surface area contributed by atoms with E-state index in [4.69, 9.17) is 21.1 Å². The van der Waals surface area contributed by atoms with Crippen LogP contribution in [0.3, 0.4) is 0 Å². The molecule has 0 spiro atoms. The number of carbonyl (C=O) groups is 1. The molecule has 7 heteroatoms. The maximum absolute atomic E-state index is 12.3. The van der Waals surface area contributed by atoms with Crippen LogP contribution in [-0.2, 0) is 4.79 Å². The van der Waals surface area contributed by atoms with Crippen molar-refractivity contribution >= 4 is 34.6 Å². The van der Waals surface area contributed by atoms with E-state index in [0.717, 1.165) is 23.0 Å². The predicted octanol–water partition coefficient (Wildman–Crippen LogP) is 4.90. The van der Waals surface area contributed by atoms with Crippen molar-refractivity contribution in [3.8, 4) is 11.5 Å². The predicted molar refractivity (Wildman–Crippen MR) is 115 cm³/mol. The van der Waals surface area contributed by atoms with Crippen LogP contribution in [0.2, 0.25) is 5.02 Å². The molecular formula is C22H24ClN3O3. The number of para-hydroxylation sites is 2. The molecule has 2 aromatic carbocycles. The maximum atomic E-state index is 12.3. The average molecular weight is 414 g/mol. The van der Waals surface area contributed by atoms with E-state index in [2.05, 4.69) is 15.3 Å². The van der Waals surface area contributed by atoms with Gasteiger partial charge in [-0.15, -0.1) is 0 Å². The molecule has 0 fully saturated rings. The topological polar surface area (TPSA) is 76.2 Å². The number of nitrogens with one attached hydrogen (secondary N) is 2. The van der Waals surface area contributed by atoms with Gasteiger partial charge < -0.3 is 19.8 Å². The number of rotatable bonds is 8. The second-order valence-electron chi connectivity index (χ2n) is 6.59. The van der Waals surface area contributed by atoms with Crippen LogP contribution in [0, 0.1) is 0 Å². The summed E-state index contributed by atoms with van der Waals surface area (Å²) in [5.74, 6) is 1.51. The van der Waals surface area contributed by atoms with Gasteiger partial charge in [-0.1, -0.05) is 30.7 Å². The lowest BCUT2D eigenvalue weighted by molar-refractivity contribution is -0.117. The number of imidazole rings is 1. The number of aromatic nitrogens is 2. The van der Waals surface area contributed by atoms with Crippen molar-refractivity contribution in [1.29, 1.82) is 0 Å². The second-order valence-corrected chi connectivity index (χ2v) is 6.99. The number of ether oxygens (including phenoxy) is 2. The highest BCUT2D eigenvalue weighted by molar-refractivity contribution is 6.32. The van der Waals surface area contributed by atoms with Crippen molar-refractivity contribution in [3.63, 3.8) is 0 Å². The summed E-state index contributed by atoms with van der Waals surface area (Å²) in [4.78, 5) is 20.1. The fraction of sp³-hybridized carbons (Fsp3) is 0.273. The summed E-state index contributed by atoms with van der Waals surface area (Å²) >= 11 is 6.32. The zero-order valence-corrected chi connectivity index (χ0v) is 17.4. The highest BCUT2D eigenvalue weighted by Crippen LogP contribution is 2.36. The van der Waals surface area contributed by atoms with E-state index >= 15 is 0 Å². The number of halogens is 1. The molecule has 1 atom stereocenters. The fourth-order valence-corrected chi connectivity index (χ4v) is 3.13. The van der Waals surface area contributed by atoms with Crippen LogP contribution in [0.25, 0.3) is 17.1 Å². The molecule has 6 nitrogen and oxygen atoms in total. The van der Waals surface area contributed by atoms with Gasteiger partial charge in [-0.3, -0.25) is 4.79 Å². The molecule has 0 bridgehead atoms. The lowest BCUT2D eigenvalue weighted by atomic mass is 10.2. The van der Waals surface area contributed by atoms with Gasteiger partial charge in [-0.2, -0.15) is 0 Å². The van der Waals surface area contributed by atoms with Gasteiger partial charge in [-0.25, -0.2) is 4.98 Å². The second kappa shape index (κ2) is 9.47. The lowest BCUT2D eigenvalue weighted by Crippen LogP contribution is -2.25. The molecule has 1 unspecified atom stereocenters. The van der Waals surface area contributed by atoms with Crippen LogP contribution in [0.4, 0.5) is 0 Å². The van der Waals surface area contributed by atoms with Crippen molar-refractivity contribution in [1.82, 2.24) is 15.3 Å². The molecule has 0 aliphatic rings. The van der Waals surface area contributed by atoms with Crippen molar-refractivity contribution in [2.75, 3.05) is 13.7 Å². The van der Waals surface area contributed by atoms with E-state index in [1.54, 1.807) is 25.3 Å². The first kappa shape index (κ1) is 20.7. The van der Waals surface area contributed by atoms with E-state index in [1.807, 2.05) is 38.1 Å². The molecule has 2 N–H and O–H groups in total. The number of fused-ring (bicyclic) bond motifs is 1. The third-order valence-electron chi connectivity index (χ3n) is 4.31. The normalized spacial score (nSPS) is 12.3. The highest BCUT2D eigenvalue weighted by atomic mass is 35.5. The van der Waals surface area contributed by atoms with E-state index in [-0.39, 0.29) is 11.9 Å². The molecule has 0 radical (unpaired) electrons. The average Bonchev–Trinajstić information content (AvgIpc) is 3.15. The first-order valence-corrected chi connectivity index (χ1v) is 9.83. The number of carbonyl (C=O) groups excluding carboxylic acids is 1. The molecule has 0 aliphatic carbocycles. The minimum Gasteiger partial charge on any atom is -0.493 e. The summed E-state index contributed by atoms with van der Waals surface area (Å²) in [6, 6.07) is 11.0. The zero-order chi connectivity index (χ0) is 20.8. The Morgan fingerprint density at radius 2 is 2.14 bits per heavy atom. The molecule has 29 heavy (non-hydrogen) atoms. The third-order valence-corrected chi connectivity index (χ3v) is 4.59. The van der Waals surface area contributed by atoms with Gasteiger partial charge in [0.1, 0.15) is 5.82 Å². The number of H-pyrrole nitrogens is 1. The minimum absolute atomic E-state index is 0.237. The first-order valence-electron chi connectivity index (χ1n) is 9.45. The van der Waals surface area contributed by atoms with Gasteiger partial charge in [0.05, 0.1) is 35.8 Å². The van der Waals surface area contributed by atoms with Crippen molar-refractivity contribution in [3.05, 3.63) is 58.9 Å². The van der Waals surface area contributed by atoms with Crippen molar-refractivity contribution in [2.24, 2.45) is 0 Å². The van der Waals surface area contributed by atoms with E-state index in [1.165, 1.54) is 6.08 Å². The molecule has 1 amide bonds. The van der Waals surface area contributed by atoms with Gasteiger partial charge in [0.15, 0.2) is 11.5 Å². The van der Waals surface area contributed by atoms with Crippen LogP contribution >= 0.6 is 11.6 Å². The van der Waals surface area contributed by atoms with E-state index in [9.17, 15) is 4.79 Å². The minimum atomic E-state index is -0.262. The van der Waals surface area contributed by atoms with Crippen LogP contribution in [-0.4, -0.2) is 29.6 Å². The Labute approximate surface area is 174 Å². The van der Waals surface area contributed by atoms with Gasteiger partial charge in [0.2, 0.25) is 5.91 Å². The number of hydrogen-bond acceptors (Lipinski definition) is 4. The number of nitrogens with zero attached hydrogens (tertiary/aromatic N) is 1. The van der Waals surface area contributed by atoms with Gasteiger partial charge >= 0.3 is 0 Å². The molecular weight excluding hydrogens is 390 g/mol. The summed E-state index contributed by atoms with van der Waals surface area (Å²) in [6.07, 6.45) is 4.00. The number of methoxy groups -OCH3 is 1. The molecule has 0 aliphatic heterocycles. The Morgan fingerprint density at radius 1 is 1.34 bits per heavy atom. The number of hydrogen-bond donors (Lipinski definition) is 2. The summed E-state index contributed by atoms with van der Waals surface area (Å²) in [6.45, 7) is 4.44. The molecule has 1 heterocycles. The fourth-order valence-electron chi connectivity index (χ4n) is 2.86. The number of aromatic amines is 1. The summed E-state index contributed by atoms with van der Waals surface area (Å²) in [5, 5.41) is 3.34. The molecule has 3 aromatic rings. The Bertz CT molecular complexity index is 996. The maximum Gasteiger partial charge on any atom is 0.244 e. The highest BCUT2D eigenvalue weighted by Gasteiger charge is 2.13. The molecule has 3 rings (SSSR count). The summed E-state index contributed by atoms with van der Waals surface area (Å²) in [5.41, 5.74) is 2.54. The summed E-state index contributed by atoms with van der Waals surface area (Å²) in [7, 11) is 1.56. The molecule has 0 saturated heterocycles. The first-order chi connectivity index (χ1) is 14.0. The van der Waals surface area contributed by atoms with E-state index in [0.29, 0.717) is 29.0 Å². The van der Waals surface area contributed by atoms with E-state index < -0.39 is 0 Å². The van der Waals surface area contributed by atoms with Crippen LogP contribution in [0.15, 0.2) is 42.5 Å². The summed E-state index contributed by atoms with van der Waals surface area (Å²) < 4.78 is 11.0. The largest absolute Gasteiger partial charge is 0.493 e. The number of amides is 1. The molecule has 1 aromatic heterocycles. The SMILES string of the molecule is CCCOc1c(Cl)cc(/C=C/C(=O)NC(C)c2nc3ccccc3[nH]2)cc1OC. The lowest BCUT2D eigenvalue weighted by Gasteiger charge is -2.13. The van der Waals surface area contributed by atoms with Gasteiger partial charge in [-0.05, 0) is 49.2 Å². The van der Waals surface area contributed by atoms with Crippen LogP contribution in [0.5, 0.6) is 11.5 Å². The van der Waals surface area contributed by atoms with Gasteiger partial charge in [0.25, 0.3) is 0 Å². The smallest absolute Gasteiger partial charge is 0.244 e. The van der Waals surface area contributed by atoms with Gasteiger partial charge in [0, 0.05) is 6.08 Å².